The first-order valence-corrected chi connectivity index (χ1v) is 5.18. The lowest BCUT2D eigenvalue weighted by Crippen LogP contribution is -2.35. The molecule has 2 N–H and O–H groups in total. The minimum Gasteiger partial charge on any atom is -0.355 e. The summed E-state index contributed by atoms with van der Waals surface area (Å²) in [5.74, 6) is 0.473. The van der Waals surface area contributed by atoms with Crippen molar-refractivity contribution in [2.24, 2.45) is 11.3 Å². The quantitative estimate of drug-likeness (QED) is 0.668. The van der Waals surface area contributed by atoms with E-state index in [1.54, 1.807) is 0 Å². The fourth-order valence-electron chi connectivity index (χ4n) is 1.71. The van der Waals surface area contributed by atoms with Crippen molar-refractivity contribution in [1.29, 1.82) is 0 Å². The minimum absolute atomic E-state index is 0.224. The molecule has 0 radical (unpaired) electrons. The normalized spacial score (nSPS) is 30.1. The fraction of sp³-hybridized carbons (Fsp3) is 0.900. The molecule has 0 bridgehead atoms. The lowest BCUT2D eigenvalue weighted by Gasteiger charge is -2.13. The van der Waals surface area contributed by atoms with Gasteiger partial charge in [0.1, 0.15) is 0 Å². The third-order valence-corrected chi connectivity index (χ3v) is 3.22. The van der Waals surface area contributed by atoms with E-state index in [0.29, 0.717) is 5.41 Å². The smallest absolute Gasteiger partial charge is 0.224 e. The second-order valence-electron chi connectivity index (χ2n) is 4.72. The maximum atomic E-state index is 11.6. The van der Waals surface area contributed by atoms with E-state index in [4.69, 9.17) is 0 Å². The van der Waals surface area contributed by atoms with Crippen LogP contribution in [-0.2, 0) is 4.79 Å². The van der Waals surface area contributed by atoms with Crippen molar-refractivity contribution >= 4 is 5.91 Å². The third-order valence-electron chi connectivity index (χ3n) is 3.22. The highest BCUT2D eigenvalue weighted by Gasteiger charge is 2.37. The molecule has 0 spiro atoms. The molecule has 3 heteroatoms. The van der Waals surface area contributed by atoms with Gasteiger partial charge in [0.15, 0.2) is 0 Å². The highest BCUT2D eigenvalue weighted by molar-refractivity contribution is 5.79. The molecule has 2 fully saturated rings. The van der Waals surface area contributed by atoms with Gasteiger partial charge in [-0.3, -0.25) is 4.79 Å². The number of amides is 1. The molecule has 3 nitrogen and oxygen atoms in total. The number of carbonyl (C=O) groups is 1. The minimum atomic E-state index is 0.224. The van der Waals surface area contributed by atoms with Crippen molar-refractivity contribution in [1.82, 2.24) is 10.6 Å². The number of rotatable bonds is 3. The average Bonchev–Trinajstić information content (AvgIpc) is 2.69. The second-order valence-corrected chi connectivity index (χ2v) is 4.72. The molecule has 13 heavy (non-hydrogen) atoms. The Hall–Kier alpha value is -0.570. The van der Waals surface area contributed by atoms with Gasteiger partial charge in [0.25, 0.3) is 0 Å². The molecule has 1 saturated carbocycles. The van der Waals surface area contributed by atoms with Crippen LogP contribution in [0.1, 0.15) is 26.2 Å². The molecule has 1 heterocycles. The van der Waals surface area contributed by atoms with Crippen molar-refractivity contribution in [2.45, 2.75) is 26.2 Å². The molecular weight excluding hydrogens is 164 g/mol. The molecule has 0 aromatic heterocycles. The maximum Gasteiger partial charge on any atom is 0.224 e. The first-order chi connectivity index (χ1) is 6.20. The second kappa shape index (κ2) is 3.29. The van der Waals surface area contributed by atoms with Crippen molar-refractivity contribution < 1.29 is 4.79 Å². The summed E-state index contributed by atoms with van der Waals surface area (Å²) in [5.41, 5.74) is 0.432. The van der Waals surface area contributed by atoms with E-state index in [9.17, 15) is 4.79 Å². The Morgan fingerprint density at radius 3 is 2.92 bits per heavy atom. The molecule has 1 unspecified atom stereocenters. The summed E-state index contributed by atoms with van der Waals surface area (Å²) in [6, 6.07) is 0. The Balaban J connectivity index is 1.71. The summed E-state index contributed by atoms with van der Waals surface area (Å²) < 4.78 is 0. The van der Waals surface area contributed by atoms with E-state index in [1.165, 1.54) is 12.8 Å². The summed E-state index contributed by atoms with van der Waals surface area (Å²) in [6.07, 6.45) is 3.55. The summed E-state index contributed by atoms with van der Waals surface area (Å²) in [4.78, 5) is 11.6. The van der Waals surface area contributed by atoms with Crippen LogP contribution in [-0.4, -0.2) is 25.5 Å². The first kappa shape index (κ1) is 9.00. The van der Waals surface area contributed by atoms with Gasteiger partial charge in [0.05, 0.1) is 5.92 Å². The summed E-state index contributed by atoms with van der Waals surface area (Å²) in [7, 11) is 0. The largest absolute Gasteiger partial charge is 0.355 e. The zero-order valence-corrected chi connectivity index (χ0v) is 8.23. The van der Waals surface area contributed by atoms with Gasteiger partial charge >= 0.3 is 0 Å². The topological polar surface area (TPSA) is 41.1 Å². The van der Waals surface area contributed by atoms with Crippen LogP contribution in [0.3, 0.4) is 0 Å². The van der Waals surface area contributed by atoms with E-state index < -0.39 is 0 Å². The van der Waals surface area contributed by atoms with E-state index in [2.05, 4.69) is 17.6 Å². The van der Waals surface area contributed by atoms with Gasteiger partial charge in [-0.15, -0.1) is 0 Å². The predicted octanol–water partition coefficient (Wildman–Crippen LogP) is 0.512. The Bertz CT molecular complexity index is 205. The molecule has 2 rings (SSSR count). The molecule has 1 saturated heterocycles. The van der Waals surface area contributed by atoms with Crippen LogP contribution in [0.2, 0.25) is 0 Å². The van der Waals surface area contributed by atoms with Gasteiger partial charge in [0.2, 0.25) is 5.91 Å². The standard InChI is InChI=1S/C10H18N2O/c1-10(3-4-10)7-12-9(13)8-2-5-11-6-8/h8,11H,2-7H2,1H3,(H,12,13). The van der Waals surface area contributed by atoms with Gasteiger partial charge in [-0.25, -0.2) is 0 Å². The highest BCUT2D eigenvalue weighted by Crippen LogP contribution is 2.44. The zero-order chi connectivity index (χ0) is 9.31. The van der Waals surface area contributed by atoms with Gasteiger partial charge in [-0.1, -0.05) is 6.92 Å². The van der Waals surface area contributed by atoms with Crippen LogP contribution < -0.4 is 10.6 Å². The van der Waals surface area contributed by atoms with Crippen molar-refractivity contribution in [3.05, 3.63) is 0 Å². The molecule has 0 aromatic rings. The zero-order valence-electron chi connectivity index (χ0n) is 8.23. The summed E-state index contributed by atoms with van der Waals surface area (Å²) in [6.45, 7) is 4.97. The highest BCUT2D eigenvalue weighted by atomic mass is 16.1. The Labute approximate surface area is 79.3 Å². The van der Waals surface area contributed by atoms with Crippen LogP contribution in [0.25, 0.3) is 0 Å². The summed E-state index contributed by atoms with van der Waals surface area (Å²) in [5, 5.41) is 6.25. The van der Waals surface area contributed by atoms with Crippen molar-refractivity contribution in [3.63, 3.8) is 0 Å². The van der Waals surface area contributed by atoms with E-state index >= 15 is 0 Å². The molecule has 1 atom stereocenters. The fourth-order valence-corrected chi connectivity index (χ4v) is 1.71. The number of hydrogen-bond acceptors (Lipinski definition) is 2. The van der Waals surface area contributed by atoms with Gasteiger partial charge < -0.3 is 10.6 Å². The molecule has 74 valence electrons. The maximum absolute atomic E-state index is 11.6. The molecule has 1 aliphatic carbocycles. The lowest BCUT2D eigenvalue weighted by atomic mass is 10.1. The Kier molecular flexibility index (Phi) is 2.28. The third kappa shape index (κ3) is 2.21. The molecule has 0 aromatic carbocycles. The SMILES string of the molecule is CC1(CNC(=O)C2CCNC2)CC1. The first-order valence-electron chi connectivity index (χ1n) is 5.18. The Morgan fingerprint density at radius 1 is 1.62 bits per heavy atom. The van der Waals surface area contributed by atoms with Crippen LogP contribution in [0.15, 0.2) is 0 Å². The number of hydrogen-bond donors (Lipinski definition) is 2. The number of nitrogens with one attached hydrogen (secondary N) is 2. The van der Waals surface area contributed by atoms with E-state index in [1.807, 2.05) is 0 Å². The van der Waals surface area contributed by atoms with Crippen molar-refractivity contribution in [2.75, 3.05) is 19.6 Å². The molecule has 1 aliphatic heterocycles. The van der Waals surface area contributed by atoms with Gasteiger partial charge in [-0.2, -0.15) is 0 Å². The van der Waals surface area contributed by atoms with Crippen LogP contribution in [0.4, 0.5) is 0 Å². The molecule has 1 amide bonds. The lowest BCUT2D eigenvalue weighted by molar-refractivity contribution is -0.124. The summed E-state index contributed by atoms with van der Waals surface area (Å²) >= 11 is 0. The van der Waals surface area contributed by atoms with Crippen LogP contribution in [0.5, 0.6) is 0 Å². The van der Waals surface area contributed by atoms with Crippen molar-refractivity contribution in [3.8, 4) is 0 Å². The average molecular weight is 182 g/mol. The van der Waals surface area contributed by atoms with Gasteiger partial charge in [-0.05, 0) is 31.2 Å². The monoisotopic (exact) mass is 182 g/mol. The Morgan fingerprint density at radius 2 is 2.38 bits per heavy atom. The molecule has 2 aliphatic rings. The number of carbonyl (C=O) groups excluding carboxylic acids is 1. The van der Waals surface area contributed by atoms with Gasteiger partial charge in [0, 0.05) is 13.1 Å². The molecular formula is C10H18N2O. The van der Waals surface area contributed by atoms with Crippen LogP contribution in [0, 0.1) is 11.3 Å². The van der Waals surface area contributed by atoms with E-state index in [-0.39, 0.29) is 11.8 Å². The van der Waals surface area contributed by atoms with E-state index in [0.717, 1.165) is 26.1 Å². The predicted molar refractivity (Wildman–Crippen MR) is 51.3 cm³/mol. The van der Waals surface area contributed by atoms with Crippen LogP contribution >= 0.6 is 0 Å².